The van der Waals surface area contributed by atoms with Gasteiger partial charge in [0.05, 0.1) is 11.6 Å². The summed E-state index contributed by atoms with van der Waals surface area (Å²) in [6.45, 7) is 10.7. The molecule has 6 heteroatoms. The number of pyridine rings is 1. The van der Waals surface area contributed by atoms with Crippen molar-refractivity contribution in [1.82, 2.24) is 14.8 Å². The second-order valence-corrected chi connectivity index (χ2v) is 7.62. The van der Waals surface area contributed by atoms with Crippen LogP contribution in [0.4, 0.5) is 0 Å². The number of rotatable bonds is 7. The maximum Gasteiger partial charge on any atom is 0.295 e. The largest absolute Gasteiger partial charge is 0.507 e. The zero-order valence-electron chi connectivity index (χ0n) is 18.1. The van der Waals surface area contributed by atoms with E-state index >= 15 is 0 Å². The van der Waals surface area contributed by atoms with Gasteiger partial charge in [0.25, 0.3) is 11.7 Å². The van der Waals surface area contributed by atoms with Gasteiger partial charge in [-0.05, 0) is 56.3 Å². The number of hydrogen-bond acceptors (Lipinski definition) is 5. The van der Waals surface area contributed by atoms with Gasteiger partial charge in [-0.3, -0.25) is 14.6 Å². The molecule has 1 aliphatic heterocycles. The minimum Gasteiger partial charge on any atom is -0.507 e. The second-order valence-electron chi connectivity index (χ2n) is 7.62. The number of hydrogen-bond donors (Lipinski definition) is 1. The third-order valence-electron chi connectivity index (χ3n) is 5.76. The molecule has 1 aromatic carbocycles. The van der Waals surface area contributed by atoms with Gasteiger partial charge in [0.1, 0.15) is 5.76 Å². The molecule has 0 saturated carbocycles. The van der Waals surface area contributed by atoms with E-state index in [9.17, 15) is 14.7 Å². The van der Waals surface area contributed by atoms with Crippen LogP contribution in [0, 0.1) is 13.8 Å². The lowest BCUT2D eigenvalue weighted by Crippen LogP contribution is -2.38. The highest BCUT2D eigenvalue weighted by molar-refractivity contribution is 6.46. The normalized spacial score (nSPS) is 18.4. The number of likely N-dealkylation sites (tertiary alicyclic amines) is 1. The molecule has 1 aliphatic rings. The van der Waals surface area contributed by atoms with Crippen molar-refractivity contribution in [1.29, 1.82) is 0 Å². The number of carbonyl (C=O) groups is 2. The molecule has 1 aromatic heterocycles. The number of aliphatic hydroxyl groups excluding tert-OH is 1. The van der Waals surface area contributed by atoms with E-state index in [1.54, 1.807) is 29.4 Å². The third-order valence-corrected chi connectivity index (χ3v) is 5.76. The van der Waals surface area contributed by atoms with Crippen LogP contribution in [0.5, 0.6) is 0 Å². The van der Waals surface area contributed by atoms with Gasteiger partial charge >= 0.3 is 0 Å². The molecule has 30 heavy (non-hydrogen) atoms. The van der Waals surface area contributed by atoms with Crippen LogP contribution < -0.4 is 0 Å². The van der Waals surface area contributed by atoms with Crippen LogP contribution in [0.25, 0.3) is 5.76 Å². The first-order valence-corrected chi connectivity index (χ1v) is 10.4. The monoisotopic (exact) mass is 407 g/mol. The first-order valence-electron chi connectivity index (χ1n) is 10.4. The maximum atomic E-state index is 13.1. The van der Waals surface area contributed by atoms with Crippen LogP contribution in [0.1, 0.15) is 42.1 Å². The van der Waals surface area contributed by atoms with E-state index < -0.39 is 17.7 Å². The first kappa shape index (κ1) is 21.7. The zero-order valence-corrected chi connectivity index (χ0v) is 18.1. The van der Waals surface area contributed by atoms with Gasteiger partial charge in [-0.2, -0.15) is 0 Å². The van der Waals surface area contributed by atoms with Crippen molar-refractivity contribution in [2.24, 2.45) is 0 Å². The topological polar surface area (TPSA) is 73.7 Å². The van der Waals surface area contributed by atoms with Gasteiger partial charge < -0.3 is 14.9 Å². The van der Waals surface area contributed by atoms with E-state index in [1.165, 1.54) is 0 Å². The lowest BCUT2D eigenvalue weighted by Gasteiger charge is -2.28. The summed E-state index contributed by atoms with van der Waals surface area (Å²) in [4.78, 5) is 33.9. The minimum atomic E-state index is -0.644. The van der Waals surface area contributed by atoms with Gasteiger partial charge in [-0.15, -0.1) is 0 Å². The predicted octanol–water partition coefficient (Wildman–Crippen LogP) is 3.46. The molecule has 0 aliphatic carbocycles. The van der Waals surface area contributed by atoms with Crippen LogP contribution >= 0.6 is 0 Å². The standard InChI is InChI=1S/C24H29N3O3/c1-5-26(6-2)13-14-27-21(18-9-11-25-12-10-18)20(23(29)24(27)30)22(28)19-15-16(3)7-8-17(19)4/h7-12,15,21,28H,5-6,13-14H2,1-4H3/t21-/m1/s1. The van der Waals surface area contributed by atoms with Crippen LogP contribution in [0.15, 0.2) is 48.3 Å². The number of ketones is 1. The molecule has 1 N–H and O–H groups in total. The number of aryl methyl sites for hydroxylation is 2. The summed E-state index contributed by atoms with van der Waals surface area (Å²) in [6.07, 6.45) is 3.27. The minimum absolute atomic E-state index is 0.123. The van der Waals surface area contributed by atoms with Gasteiger partial charge in [0.15, 0.2) is 0 Å². The maximum absolute atomic E-state index is 13.1. The SMILES string of the molecule is CCN(CC)CCN1C(=O)C(=O)C(=C(O)c2cc(C)ccc2C)[C@H]1c1ccncc1. The Morgan fingerprint density at radius 2 is 1.77 bits per heavy atom. The molecule has 3 rings (SSSR count). The Morgan fingerprint density at radius 3 is 2.40 bits per heavy atom. The summed E-state index contributed by atoms with van der Waals surface area (Å²) >= 11 is 0. The Kier molecular flexibility index (Phi) is 6.67. The van der Waals surface area contributed by atoms with Crippen molar-refractivity contribution >= 4 is 17.4 Å². The fraction of sp³-hybridized carbons (Fsp3) is 0.375. The predicted molar refractivity (Wildman–Crippen MR) is 117 cm³/mol. The Bertz CT molecular complexity index is 965. The Morgan fingerprint density at radius 1 is 1.10 bits per heavy atom. The molecular formula is C24H29N3O3. The average Bonchev–Trinajstić information content (AvgIpc) is 3.01. The molecule has 0 spiro atoms. The molecule has 1 fully saturated rings. The lowest BCUT2D eigenvalue weighted by molar-refractivity contribution is -0.140. The van der Waals surface area contributed by atoms with Crippen molar-refractivity contribution in [3.05, 3.63) is 70.6 Å². The summed E-state index contributed by atoms with van der Waals surface area (Å²) in [6, 6.07) is 8.65. The van der Waals surface area contributed by atoms with Gasteiger partial charge in [-0.1, -0.05) is 31.5 Å². The van der Waals surface area contributed by atoms with E-state index in [0.717, 1.165) is 29.8 Å². The summed E-state index contributed by atoms with van der Waals surface area (Å²) < 4.78 is 0. The van der Waals surface area contributed by atoms with Crippen molar-refractivity contribution in [2.75, 3.05) is 26.2 Å². The van der Waals surface area contributed by atoms with Crippen molar-refractivity contribution in [3.63, 3.8) is 0 Å². The summed E-state index contributed by atoms with van der Waals surface area (Å²) in [5.74, 6) is -1.34. The number of amides is 1. The highest BCUT2D eigenvalue weighted by Crippen LogP contribution is 2.39. The van der Waals surface area contributed by atoms with Crippen molar-refractivity contribution in [2.45, 2.75) is 33.7 Å². The van der Waals surface area contributed by atoms with E-state index in [0.29, 0.717) is 18.7 Å². The third kappa shape index (κ3) is 4.14. The Hall–Kier alpha value is -2.99. The number of carbonyl (C=O) groups excluding carboxylic acids is 2. The fourth-order valence-electron chi connectivity index (χ4n) is 3.93. The molecule has 1 amide bonds. The Labute approximate surface area is 177 Å². The van der Waals surface area contributed by atoms with Gasteiger partial charge in [0, 0.05) is 31.0 Å². The lowest BCUT2D eigenvalue weighted by atomic mass is 9.94. The summed E-state index contributed by atoms with van der Waals surface area (Å²) in [7, 11) is 0. The smallest absolute Gasteiger partial charge is 0.295 e. The van der Waals surface area contributed by atoms with Crippen LogP contribution in [0.2, 0.25) is 0 Å². The van der Waals surface area contributed by atoms with Crippen LogP contribution in [-0.2, 0) is 9.59 Å². The van der Waals surface area contributed by atoms with Crippen molar-refractivity contribution in [3.8, 4) is 0 Å². The second kappa shape index (κ2) is 9.22. The Balaban J connectivity index is 2.12. The number of nitrogens with zero attached hydrogens (tertiary/aromatic N) is 3. The van der Waals surface area contributed by atoms with Crippen molar-refractivity contribution < 1.29 is 14.7 Å². The molecule has 1 saturated heterocycles. The summed E-state index contributed by atoms with van der Waals surface area (Å²) in [5, 5.41) is 11.2. The molecule has 158 valence electrons. The number of aliphatic hydroxyl groups is 1. The highest BCUT2D eigenvalue weighted by Gasteiger charge is 2.46. The van der Waals surface area contributed by atoms with Gasteiger partial charge in [0.2, 0.25) is 0 Å². The van der Waals surface area contributed by atoms with E-state index in [-0.39, 0.29) is 11.3 Å². The molecule has 6 nitrogen and oxygen atoms in total. The number of Topliss-reactive ketones (excluding diaryl/α,β-unsaturated/α-hetero) is 1. The average molecular weight is 408 g/mol. The number of likely N-dealkylation sites (N-methyl/N-ethyl adjacent to an activating group) is 1. The molecule has 0 radical (unpaired) electrons. The molecule has 1 atom stereocenters. The molecular weight excluding hydrogens is 378 g/mol. The molecule has 2 aromatic rings. The number of benzene rings is 1. The fourth-order valence-corrected chi connectivity index (χ4v) is 3.93. The van der Waals surface area contributed by atoms with E-state index in [1.807, 2.05) is 32.0 Å². The van der Waals surface area contributed by atoms with Crippen LogP contribution in [-0.4, -0.2) is 57.8 Å². The van der Waals surface area contributed by atoms with Crippen LogP contribution in [0.3, 0.4) is 0 Å². The molecule has 0 bridgehead atoms. The van der Waals surface area contributed by atoms with E-state index in [2.05, 4.69) is 23.7 Å². The summed E-state index contributed by atoms with van der Waals surface area (Å²) in [5.41, 5.74) is 3.30. The molecule has 0 unspecified atom stereocenters. The molecule has 2 heterocycles. The zero-order chi connectivity index (χ0) is 21.8. The first-order chi connectivity index (χ1) is 14.4. The van der Waals surface area contributed by atoms with E-state index in [4.69, 9.17) is 0 Å². The highest BCUT2D eigenvalue weighted by atomic mass is 16.3. The van der Waals surface area contributed by atoms with Gasteiger partial charge in [-0.25, -0.2) is 0 Å². The number of aromatic nitrogens is 1. The quantitative estimate of drug-likeness (QED) is 0.432.